The molecule has 0 heterocycles. The Balaban J connectivity index is 4.11. The van der Waals surface area contributed by atoms with Gasteiger partial charge >= 0.3 is 0 Å². The molecule has 0 aromatic heterocycles. The number of likely N-dealkylation sites (N-methyl/N-ethyl adjacent to an activating group) is 1. The van der Waals surface area contributed by atoms with Crippen molar-refractivity contribution in [1.29, 1.82) is 0 Å². The Morgan fingerprint density at radius 2 is 1.55 bits per heavy atom. The Morgan fingerprint density at radius 1 is 1.18 bits per heavy atom. The van der Waals surface area contributed by atoms with E-state index < -0.39 is 0 Å². The van der Waals surface area contributed by atoms with Gasteiger partial charge < -0.3 is 4.48 Å². The number of carbonyl (C=O) groups is 1. The summed E-state index contributed by atoms with van der Waals surface area (Å²) in [5.41, 5.74) is -0.189. The molecule has 0 fully saturated rings. The summed E-state index contributed by atoms with van der Waals surface area (Å²) in [4.78, 5) is 11.5. The highest BCUT2D eigenvalue weighted by atomic mass is 16.1. The number of rotatable bonds is 2. The average molecular weight is 158 g/mol. The van der Waals surface area contributed by atoms with E-state index in [1.54, 1.807) is 0 Å². The van der Waals surface area contributed by atoms with Crippen LogP contribution in [0.3, 0.4) is 0 Å². The van der Waals surface area contributed by atoms with Crippen molar-refractivity contribution in [1.82, 2.24) is 0 Å². The van der Waals surface area contributed by atoms with Gasteiger partial charge in [-0.25, -0.2) is 0 Å². The molecule has 2 nitrogen and oxygen atoms in total. The fourth-order valence-corrected chi connectivity index (χ4v) is 0.668. The van der Waals surface area contributed by atoms with E-state index in [1.807, 2.05) is 41.9 Å². The van der Waals surface area contributed by atoms with Crippen LogP contribution in [0.4, 0.5) is 0 Å². The quantitative estimate of drug-likeness (QED) is 0.554. The largest absolute Gasteiger partial charge is 0.325 e. The van der Waals surface area contributed by atoms with Crippen molar-refractivity contribution in [2.24, 2.45) is 5.41 Å². The molecule has 11 heavy (non-hydrogen) atoms. The second-order valence-electron chi connectivity index (χ2n) is 5.12. The zero-order valence-corrected chi connectivity index (χ0v) is 8.56. The van der Waals surface area contributed by atoms with E-state index in [-0.39, 0.29) is 5.41 Å². The van der Waals surface area contributed by atoms with E-state index in [1.165, 1.54) is 0 Å². The van der Waals surface area contributed by atoms with Gasteiger partial charge in [0.15, 0.2) is 5.78 Å². The van der Waals surface area contributed by atoms with Crippen molar-refractivity contribution < 1.29 is 9.28 Å². The first kappa shape index (κ1) is 10.6. The molecule has 0 spiro atoms. The van der Waals surface area contributed by atoms with Crippen LogP contribution in [0, 0.1) is 5.41 Å². The van der Waals surface area contributed by atoms with Crippen LogP contribution in [0.5, 0.6) is 0 Å². The fraction of sp³-hybridized carbons (Fsp3) is 0.889. The first-order chi connectivity index (χ1) is 4.63. The fourth-order valence-electron chi connectivity index (χ4n) is 0.668. The molecule has 0 N–H and O–H groups in total. The SMILES string of the molecule is CC(C)(C)C(=O)C[N+](C)(C)C. The number of Topliss-reactive ketones (excluding diaryl/α,β-unsaturated/α-hetero) is 1. The Kier molecular flexibility index (Phi) is 2.84. The van der Waals surface area contributed by atoms with Gasteiger partial charge in [-0.2, -0.15) is 0 Å². The summed E-state index contributed by atoms with van der Waals surface area (Å²) < 4.78 is 0.718. The van der Waals surface area contributed by atoms with Gasteiger partial charge in [-0.05, 0) is 0 Å². The molecule has 2 heteroatoms. The van der Waals surface area contributed by atoms with Gasteiger partial charge in [-0.3, -0.25) is 4.79 Å². The third kappa shape index (κ3) is 4.96. The van der Waals surface area contributed by atoms with Crippen LogP contribution in [0.2, 0.25) is 0 Å². The van der Waals surface area contributed by atoms with E-state index in [0.29, 0.717) is 12.3 Å². The second-order valence-corrected chi connectivity index (χ2v) is 5.12. The molecule has 66 valence electrons. The summed E-state index contributed by atoms with van der Waals surface area (Å²) in [6.07, 6.45) is 0. The van der Waals surface area contributed by atoms with Gasteiger partial charge in [0.1, 0.15) is 6.54 Å². The number of carbonyl (C=O) groups excluding carboxylic acids is 1. The van der Waals surface area contributed by atoms with E-state index in [2.05, 4.69) is 0 Å². The van der Waals surface area contributed by atoms with Gasteiger partial charge in [0.25, 0.3) is 0 Å². The maximum absolute atomic E-state index is 11.5. The van der Waals surface area contributed by atoms with Gasteiger partial charge in [0.2, 0.25) is 0 Å². The molecule has 0 rings (SSSR count). The van der Waals surface area contributed by atoms with Crippen LogP contribution in [0.25, 0.3) is 0 Å². The maximum atomic E-state index is 11.5. The highest BCUT2D eigenvalue weighted by molar-refractivity contribution is 5.84. The monoisotopic (exact) mass is 158 g/mol. The Hall–Kier alpha value is -0.370. The van der Waals surface area contributed by atoms with Crippen LogP contribution >= 0.6 is 0 Å². The van der Waals surface area contributed by atoms with Crippen LogP contribution in [0.15, 0.2) is 0 Å². The number of quaternary nitrogens is 1. The van der Waals surface area contributed by atoms with Crippen molar-refractivity contribution in [3.05, 3.63) is 0 Å². The smallest absolute Gasteiger partial charge is 0.192 e. The maximum Gasteiger partial charge on any atom is 0.192 e. The second kappa shape index (κ2) is 2.94. The zero-order chi connectivity index (χ0) is 9.28. The minimum absolute atomic E-state index is 0.189. The van der Waals surface area contributed by atoms with Gasteiger partial charge in [-0.15, -0.1) is 0 Å². The predicted molar refractivity (Wildman–Crippen MR) is 47.4 cm³/mol. The summed E-state index contributed by atoms with van der Waals surface area (Å²) in [6, 6.07) is 0. The van der Waals surface area contributed by atoms with Gasteiger partial charge in [0.05, 0.1) is 21.1 Å². The molecular weight excluding hydrogens is 138 g/mol. The lowest BCUT2D eigenvalue weighted by molar-refractivity contribution is -0.862. The van der Waals surface area contributed by atoms with Crippen molar-refractivity contribution in [3.63, 3.8) is 0 Å². The van der Waals surface area contributed by atoms with Crippen molar-refractivity contribution >= 4 is 5.78 Å². The van der Waals surface area contributed by atoms with Crippen molar-refractivity contribution in [3.8, 4) is 0 Å². The minimum Gasteiger partial charge on any atom is -0.325 e. The molecule has 0 aliphatic heterocycles. The molecule has 0 saturated heterocycles. The zero-order valence-electron chi connectivity index (χ0n) is 8.56. The molecule has 0 aromatic carbocycles. The minimum atomic E-state index is -0.189. The number of hydrogen-bond acceptors (Lipinski definition) is 1. The molecule has 0 radical (unpaired) electrons. The Labute approximate surface area is 69.8 Å². The first-order valence-electron chi connectivity index (χ1n) is 3.97. The predicted octanol–water partition coefficient (Wildman–Crippen LogP) is 1.31. The van der Waals surface area contributed by atoms with Crippen molar-refractivity contribution in [2.45, 2.75) is 20.8 Å². The van der Waals surface area contributed by atoms with E-state index >= 15 is 0 Å². The average Bonchev–Trinajstić information content (AvgIpc) is 1.56. The molecule has 0 amide bonds. The van der Waals surface area contributed by atoms with Crippen LogP contribution in [-0.4, -0.2) is 38.0 Å². The highest BCUT2D eigenvalue weighted by Crippen LogP contribution is 2.15. The normalized spacial score (nSPS) is 13.3. The molecule has 0 aromatic rings. The standard InChI is InChI=1S/C9H20NO/c1-9(2,3)8(11)7-10(4,5)6/h7H2,1-6H3/q+1. The molecule has 0 saturated carbocycles. The number of ketones is 1. The van der Waals surface area contributed by atoms with Gasteiger partial charge in [-0.1, -0.05) is 20.8 Å². The highest BCUT2D eigenvalue weighted by Gasteiger charge is 2.26. The number of nitrogens with zero attached hydrogens (tertiary/aromatic N) is 1. The third-order valence-corrected chi connectivity index (χ3v) is 1.45. The lowest BCUT2D eigenvalue weighted by Crippen LogP contribution is -2.43. The van der Waals surface area contributed by atoms with Gasteiger partial charge in [0, 0.05) is 5.41 Å². The summed E-state index contributed by atoms with van der Waals surface area (Å²) in [6.45, 7) is 6.50. The van der Waals surface area contributed by atoms with E-state index in [4.69, 9.17) is 0 Å². The van der Waals surface area contributed by atoms with Crippen LogP contribution < -0.4 is 0 Å². The molecule has 0 bridgehead atoms. The lowest BCUT2D eigenvalue weighted by atomic mass is 9.90. The molecule has 0 atom stereocenters. The summed E-state index contributed by atoms with van der Waals surface area (Å²) in [5.74, 6) is 0.324. The lowest BCUT2D eigenvalue weighted by Gasteiger charge is -2.26. The first-order valence-corrected chi connectivity index (χ1v) is 3.97. The van der Waals surface area contributed by atoms with Crippen molar-refractivity contribution in [2.75, 3.05) is 27.7 Å². The summed E-state index contributed by atoms with van der Waals surface area (Å²) in [7, 11) is 6.09. The molecule has 0 aliphatic rings. The Bertz CT molecular complexity index is 148. The van der Waals surface area contributed by atoms with Crippen LogP contribution in [-0.2, 0) is 4.79 Å². The molecular formula is C9H20NO+. The number of hydrogen-bond donors (Lipinski definition) is 0. The molecule has 0 aliphatic carbocycles. The van der Waals surface area contributed by atoms with Crippen LogP contribution in [0.1, 0.15) is 20.8 Å². The van der Waals surface area contributed by atoms with E-state index in [9.17, 15) is 4.79 Å². The third-order valence-electron chi connectivity index (χ3n) is 1.45. The Morgan fingerprint density at radius 3 is 1.64 bits per heavy atom. The summed E-state index contributed by atoms with van der Waals surface area (Å²) in [5, 5.41) is 0. The topological polar surface area (TPSA) is 17.1 Å². The van der Waals surface area contributed by atoms with E-state index in [0.717, 1.165) is 4.48 Å². The molecule has 0 unspecified atom stereocenters. The summed E-state index contributed by atoms with van der Waals surface area (Å²) >= 11 is 0.